The highest BCUT2D eigenvalue weighted by Crippen LogP contribution is 2.20. The SMILES string of the molecule is CCNc1ncc(C(=O)Nc2nnn(C)n2)cc1Cl. The lowest BCUT2D eigenvalue weighted by Crippen LogP contribution is -2.14. The first kappa shape index (κ1) is 13.2. The summed E-state index contributed by atoms with van der Waals surface area (Å²) in [6, 6.07) is 1.53. The Morgan fingerprint density at radius 3 is 2.89 bits per heavy atom. The van der Waals surface area contributed by atoms with Gasteiger partial charge in [-0.15, -0.1) is 5.10 Å². The number of anilines is 2. The maximum absolute atomic E-state index is 11.9. The van der Waals surface area contributed by atoms with Crippen molar-refractivity contribution in [2.45, 2.75) is 6.92 Å². The molecular weight excluding hydrogens is 270 g/mol. The highest BCUT2D eigenvalue weighted by Gasteiger charge is 2.12. The second kappa shape index (κ2) is 5.61. The summed E-state index contributed by atoms with van der Waals surface area (Å²) in [5, 5.41) is 17.0. The van der Waals surface area contributed by atoms with E-state index >= 15 is 0 Å². The van der Waals surface area contributed by atoms with Gasteiger partial charge in [-0.2, -0.15) is 4.80 Å². The van der Waals surface area contributed by atoms with Crippen molar-refractivity contribution in [3.63, 3.8) is 0 Å². The van der Waals surface area contributed by atoms with Crippen molar-refractivity contribution in [3.8, 4) is 0 Å². The molecule has 0 spiro atoms. The smallest absolute Gasteiger partial charge is 0.270 e. The predicted molar refractivity (Wildman–Crippen MR) is 70.2 cm³/mol. The van der Waals surface area contributed by atoms with Crippen LogP contribution >= 0.6 is 11.6 Å². The summed E-state index contributed by atoms with van der Waals surface area (Å²) < 4.78 is 0. The van der Waals surface area contributed by atoms with E-state index in [1.54, 1.807) is 7.05 Å². The Morgan fingerprint density at radius 2 is 2.32 bits per heavy atom. The number of hydrogen-bond acceptors (Lipinski definition) is 6. The highest BCUT2D eigenvalue weighted by atomic mass is 35.5. The minimum atomic E-state index is -0.398. The number of carbonyl (C=O) groups is 1. The third-order valence-corrected chi connectivity index (χ3v) is 2.47. The molecule has 2 rings (SSSR count). The van der Waals surface area contributed by atoms with Crippen LogP contribution in [0.15, 0.2) is 12.3 Å². The monoisotopic (exact) mass is 281 g/mol. The molecular formula is C10H12ClN7O. The first-order valence-electron chi connectivity index (χ1n) is 5.55. The van der Waals surface area contributed by atoms with Crippen LogP contribution in [0.25, 0.3) is 0 Å². The molecule has 2 heterocycles. The lowest BCUT2D eigenvalue weighted by molar-refractivity contribution is 0.102. The molecule has 2 aromatic heterocycles. The average molecular weight is 282 g/mol. The summed E-state index contributed by atoms with van der Waals surface area (Å²) in [6.07, 6.45) is 1.43. The van der Waals surface area contributed by atoms with Crippen molar-refractivity contribution >= 4 is 29.3 Å². The lowest BCUT2D eigenvalue weighted by atomic mass is 10.2. The number of hydrogen-bond donors (Lipinski definition) is 2. The van der Waals surface area contributed by atoms with E-state index in [-0.39, 0.29) is 5.95 Å². The summed E-state index contributed by atoms with van der Waals surface area (Å²) in [5.41, 5.74) is 0.319. The molecule has 2 N–H and O–H groups in total. The van der Waals surface area contributed by atoms with Crippen molar-refractivity contribution < 1.29 is 4.79 Å². The molecule has 0 unspecified atom stereocenters. The van der Waals surface area contributed by atoms with Crippen molar-refractivity contribution in [3.05, 3.63) is 22.8 Å². The number of rotatable bonds is 4. The van der Waals surface area contributed by atoms with Gasteiger partial charge in [-0.25, -0.2) is 4.98 Å². The van der Waals surface area contributed by atoms with Gasteiger partial charge in [0.05, 0.1) is 17.6 Å². The third kappa shape index (κ3) is 3.16. The second-order valence-corrected chi connectivity index (χ2v) is 4.05. The van der Waals surface area contributed by atoms with Crippen LogP contribution in [0.2, 0.25) is 5.02 Å². The largest absolute Gasteiger partial charge is 0.369 e. The van der Waals surface area contributed by atoms with Gasteiger partial charge in [0.1, 0.15) is 5.82 Å². The average Bonchev–Trinajstić information content (AvgIpc) is 2.77. The number of carbonyl (C=O) groups excluding carboxylic acids is 1. The van der Waals surface area contributed by atoms with Gasteiger partial charge in [-0.3, -0.25) is 10.1 Å². The molecule has 2 aromatic rings. The van der Waals surface area contributed by atoms with Gasteiger partial charge < -0.3 is 5.32 Å². The summed E-state index contributed by atoms with van der Waals surface area (Å²) in [7, 11) is 1.60. The molecule has 0 radical (unpaired) electrons. The topological polar surface area (TPSA) is 97.6 Å². The Morgan fingerprint density at radius 1 is 1.53 bits per heavy atom. The minimum Gasteiger partial charge on any atom is -0.369 e. The zero-order valence-electron chi connectivity index (χ0n) is 10.4. The molecule has 0 bridgehead atoms. The first-order valence-corrected chi connectivity index (χ1v) is 5.92. The third-order valence-electron chi connectivity index (χ3n) is 2.18. The fraction of sp³-hybridized carbons (Fsp3) is 0.300. The fourth-order valence-corrected chi connectivity index (χ4v) is 1.60. The number of halogens is 1. The zero-order valence-corrected chi connectivity index (χ0v) is 11.1. The second-order valence-electron chi connectivity index (χ2n) is 3.64. The number of nitrogens with zero attached hydrogens (tertiary/aromatic N) is 5. The number of nitrogens with one attached hydrogen (secondary N) is 2. The van der Waals surface area contributed by atoms with Crippen LogP contribution in [-0.4, -0.2) is 37.6 Å². The fourth-order valence-electron chi connectivity index (χ4n) is 1.37. The van der Waals surface area contributed by atoms with E-state index in [1.807, 2.05) is 6.92 Å². The van der Waals surface area contributed by atoms with E-state index in [0.717, 1.165) is 0 Å². The van der Waals surface area contributed by atoms with E-state index in [0.29, 0.717) is 22.9 Å². The summed E-state index contributed by atoms with van der Waals surface area (Å²) >= 11 is 6.01. The summed E-state index contributed by atoms with van der Waals surface area (Å²) in [5.74, 6) is 0.267. The Labute approximate surface area is 114 Å². The molecule has 0 fully saturated rings. The molecule has 8 nitrogen and oxygen atoms in total. The Balaban J connectivity index is 2.13. The van der Waals surface area contributed by atoms with E-state index < -0.39 is 5.91 Å². The molecule has 0 aromatic carbocycles. The normalized spacial score (nSPS) is 10.3. The quantitative estimate of drug-likeness (QED) is 0.866. The number of tetrazole rings is 1. The van der Waals surface area contributed by atoms with Crippen molar-refractivity contribution in [2.24, 2.45) is 7.05 Å². The van der Waals surface area contributed by atoms with Crippen molar-refractivity contribution in [1.29, 1.82) is 0 Å². The number of pyridine rings is 1. The van der Waals surface area contributed by atoms with Crippen LogP contribution in [0.5, 0.6) is 0 Å². The van der Waals surface area contributed by atoms with E-state index in [9.17, 15) is 4.79 Å². The van der Waals surface area contributed by atoms with Gasteiger partial charge in [0, 0.05) is 12.7 Å². The molecule has 19 heavy (non-hydrogen) atoms. The van der Waals surface area contributed by atoms with Gasteiger partial charge in [0.15, 0.2) is 0 Å². The number of aryl methyl sites for hydroxylation is 1. The van der Waals surface area contributed by atoms with E-state index in [1.165, 1.54) is 17.1 Å². The molecule has 0 saturated heterocycles. The standard InChI is InChI=1S/C10H12ClN7O/c1-3-12-8-7(11)4-6(5-13-8)9(19)14-10-15-17-18(2)16-10/h4-5H,3H2,1-2H3,(H,12,13)(H,14,16,19). The minimum absolute atomic E-state index is 0.124. The predicted octanol–water partition coefficient (Wildman–Crippen LogP) is 0.943. The van der Waals surface area contributed by atoms with Crippen LogP contribution in [0.4, 0.5) is 11.8 Å². The highest BCUT2D eigenvalue weighted by molar-refractivity contribution is 6.33. The molecule has 0 aliphatic heterocycles. The molecule has 0 saturated carbocycles. The maximum atomic E-state index is 11.9. The van der Waals surface area contributed by atoms with Gasteiger partial charge in [0.2, 0.25) is 0 Å². The van der Waals surface area contributed by atoms with Gasteiger partial charge in [0.25, 0.3) is 11.9 Å². The maximum Gasteiger partial charge on any atom is 0.270 e. The number of aromatic nitrogens is 5. The van der Waals surface area contributed by atoms with Gasteiger partial charge in [-0.1, -0.05) is 16.7 Å². The molecule has 100 valence electrons. The Kier molecular flexibility index (Phi) is 3.91. The first-order chi connectivity index (χ1) is 9.10. The number of amides is 1. The van der Waals surface area contributed by atoms with Crippen LogP contribution in [0.3, 0.4) is 0 Å². The van der Waals surface area contributed by atoms with Crippen LogP contribution < -0.4 is 10.6 Å². The van der Waals surface area contributed by atoms with E-state index in [2.05, 4.69) is 31.0 Å². The van der Waals surface area contributed by atoms with Crippen LogP contribution in [0.1, 0.15) is 17.3 Å². The van der Waals surface area contributed by atoms with Crippen molar-refractivity contribution in [2.75, 3.05) is 17.2 Å². The molecule has 0 aliphatic rings. The van der Waals surface area contributed by atoms with E-state index in [4.69, 9.17) is 11.6 Å². The summed E-state index contributed by atoms with van der Waals surface area (Å²) in [6.45, 7) is 2.63. The van der Waals surface area contributed by atoms with Gasteiger partial charge >= 0.3 is 0 Å². The Hall–Kier alpha value is -2.22. The van der Waals surface area contributed by atoms with Crippen molar-refractivity contribution in [1.82, 2.24) is 25.2 Å². The molecule has 9 heteroatoms. The Bertz CT molecular complexity index is 597. The summed E-state index contributed by atoms with van der Waals surface area (Å²) in [4.78, 5) is 17.2. The molecule has 1 amide bonds. The zero-order chi connectivity index (χ0) is 13.8. The lowest BCUT2D eigenvalue weighted by Gasteiger charge is -2.06. The molecule has 0 aliphatic carbocycles. The van der Waals surface area contributed by atoms with Crippen LogP contribution in [0, 0.1) is 0 Å². The van der Waals surface area contributed by atoms with Crippen LogP contribution in [-0.2, 0) is 7.05 Å². The van der Waals surface area contributed by atoms with Gasteiger partial charge in [-0.05, 0) is 18.2 Å². The molecule has 0 atom stereocenters.